The van der Waals surface area contributed by atoms with E-state index in [2.05, 4.69) is 15.2 Å². The first kappa shape index (κ1) is 28.7. The number of rotatable bonds is 7. The number of hydrogen-bond acceptors (Lipinski definition) is 5. The van der Waals surface area contributed by atoms with Crippen LogP contribution in [0, 0.1) is 11.8 Å². The molecular weight excluding hydrogens is 499 g/mol. The first-order valence-corrected chi connectivity index (χ1v) is 10.7. The van der Waals surface area contributed by atoms with Crippen molar-refractivity contribution < 1.29 is 19.1 Å². The van der Waals surface area contributed by atoms with Crippen molar-refractivity contribution in [3.63, 3.8) is 0 Å². The van der Waals surface area contributed by atoms with Gasteiger partial charge in [-0.15, -0.1) is 24.0 Å². The predicted molar refractivity (Wildman–Crippen MR) is 130 cm³/mol. The van der Waals surface area contributed by atoms with Crippen molar-refractivity contribution in [2.75, 3.05) is 46.4 Å². The van der Waals surface area contributed by atoms with E-state index in [-0.39, 0.29) is 42.0 Å². The zero-order valence-corrected chi connectivity index (χ0v) is 22.0. The van der Waals surface area contributed by atoms with Gasteiger partial charge in [0.2, 0.25) is 0 Å². The maximum absolute atomic E-state index is 12.4. The molecule has 1 heterocycles. The van der Waals surface area contributed by atoms with Gasteiger partial charge in [-0.3, -0.25) is 9.79 Å². The van der Waals surface area contributed by atoms with E-state index in [1.807, 2.05) is 41.5 Å². The minimum absolute atomic E-state index is 0. The number of amides is 1. The van der Waals surface area contributed by atoms with Gasteiger partial charge in [0, 0.05) is 32.7 Å². The summed E-state index contributed by atoms with van der Waals surface area (Å²) in [5.74, 6) is 0.764. The molecule has 0 radical (unpaired) electrons. The summed E-state index contributed by atoms with van der Waals surface area (Å²) in [6.07, 6.45) is 1.72. The molecule has 1 unspecified atom stereocenters. The molecule has 1 atom stereocenters. The number of hydrogen-bond donors (Lipinski definition) is 1. The summed E-state index contributed by atoms with van der Waals surface area (Å²) in [4.78, 5) is 32.6. The Morgan fingerprint density at radius 2 is 1.83 bits per heavy atom. The van der Waals surface area contributed by atoms with Crippen molar-refractivity contribution in [1.82, 2.24) is 15.1 Å². The SMILES string of the molecule is CCNC(=NCC(C)C(=O)OC)N1CCC(CN(CC)C(=O)OC(C)(C)C)CC1.I. The van der Waals surface area contributed by atoms with Crippen molar-refractivity contribution in [1.29, 1.82) is 0 Å². The second-order valence-corrected chi connectivity index (χ2v) is 8.57. The van der Waals surface area contributed by atoms with E-state index in [0.29, 0.717) is 25.6 Å². The summed E-state index contributed by atoms with van der Waals surface area (Å²) in [5.41, 5.74) is -0.480. The van der Waals surface area contributed by atoms with Crippen molar-refractivity contribution in [2.24, 2.45) is 16.8 Å². The van der Waals surface area contributed by atoms with Crippen LogP contribution in [-0.4, -0.2) is 79.8 Å². The van der Waals surface area contributed by atoms with Crippen molar-refractivity contribution in [3.8, 4) is 0 Å². The fourth-order valence-electron chi connectivity index (χ4n) is 3.22. The van der Waals surface area contributed by atoms with E-state index in [1.165, 1.54) is 7.11 Å². The number of nitrogens with one attached hydrogen (secondary N) is 1. The number of likely N-dealkylation sites (tertiary alicyclic amines) is 1. The van der Waals surface area contributed by atoms with Crippen LogP contribution in [0.4, 0.5) is 4.79 Å². The molecule has 1 N–H and O–H groups in total. The van der Waals surface area contributed by atoms with Gasteiger partial charge >= 0.3 is 12.1 Å². The van der Waals surface area contributed by atoms with Crippen LogP contribution in [0.25, 0.3) is 0 Å². The summed E-state index contributed by atoms with van der Waals surface area (Å²) >= 11 is 0. The van der Waals surface area contributed by atoms with Crippen LogP contribution < -0.4 is 5.32 Å². The summed E-state index contributed by atoms with van der Waals surface area (Å²) in [7, 11) is 1.40. The molecule has 0 aromatic heterocycles. The molecule has 1 fully saturated rings. The number of nitrogens with zero attached hydrogens (tertiary/aromatic N) is 3. The lowest BCUT2D eigenvalue weighted by Crippen LogP contribution is -2.48. The lowest BCUT2D eigenvalue weighted by Gasteiger charge is -2.36. The summed E-state index contributed by atoms with van der Waals surface area (Å²) in [6.45, 7) is 15.8. The number of methoxy groups -OCH3 is 1. The normalized spacial score (nSPS) is 16.4. The lowest BCUT2D eigenvalue weighted by atomic mass is 9.96. The zero-order valence-electron chi connectivity index (χ0n) is 19.7. The smallest absolute Gasteiger partial charge is 0.410 e. The van der Waals surface area contributed by atoms with E-state index < -0.39 is 5.60 Å². The number of carbonyl (C=O) groups is 2. The number of aliphatic imine (C=N–C) groups is 1. The molecule has 9 heteroatoms. The summed E-state index contributed by atoms with van der Waals surface area (Å²) in [5, 5.41) is 3.31. The van der Waals surface area contributed by atoms with Crippen LogP contribution in [0.3, 0.4) is 0 Å². The number of halogens is 1. The number of esters is 1. The largest absolute Gasteiger partial charge is 0.469 e. The second kappa shape index (κ2) is 13.9. The van der Waals surface area contributed by atoms with Crippen LogP contribution in [0.2, 0.25) is 0 Å². The highest BCUT2D eigenvalue weighted by Gasteiger charge is 2.27. The quantitative estimate of drug-likeness (QED) is 0.231. The Morgan fingerprint density at radius 1 is 1.23 bits per heavy atom. The van der Waals surface area contributed by atoms with Crippen molar-refractivity contribution in [3.05, 3.63) is 0 Å². The van der Waals surface area contributed by atoms with E-state index in [1.54, 1.807) is 4.90 Å². The lowest BCUT2D eigenvalue weighted by molar-refractivity contribution is -0.144. The highest BCUT2D eigenvalue weighted by molar-refractivity contribution is 14.0. The second-order valence-electron chi connectivity index (χ2n) is 8.57. The molecule has 1 amide bonds. The van der Waals surface area contributed by atoms with Crippen LogP contribution in [0.1, 0.15) is 54.4 Å². The third-order valence-electron chi connectivity index (χ3n) is 4.88. The first-order chi connectivity index (χ1) is 13.6. The fourth-order valence-corrected chi connectivity index (χ4v) is 3.22. The van der Waals surface area contributed by atoms with Crippen molar-refractivity contribution >= 4 is 42.0 Å². The van der Waals surface area contributed by atoms with Crippen LogP contribution in [0.5, 0.6) is 0 Å². The average molecular weight is 540 g/mol. The topological polar surface area (TPSA) is 83.5 Å². The third kappa shape index (κ3) is 10.2. The fraction of sp³-hybridized carbons (Fsp3) is 0.857. The maximum atomic E-state index is 12.4. The average Bonchev–Trinajstić information content (AvgIpc) is 2.67. The van der Waals surface area contributed by atoms with E-state index in [0.717, 1.165) is 38.4 Å². The highest BCUT2D eigenvalue weighted by atomic mass is 127. The first-order valence-electron chi connectivity index (χ1n) is 10.7. The Hall–Kier alpha value is -1.26. The summed E-state index contributed by atoms with van der Waals surface area (Å²) in [6, 6.07) is 0. The van der Waals surface area contributed by atoms with Gasteiger partial charge in [-0.25, -0.2) is 4.79 Å². The van der Waals surface area contributed by atoms with Gasteiger partial charge in [0.1, 0.15) is 5.60 Å². The van der Waals surface area contributed by atoms with Gasteiger partial charge in [-0.1, -0.05) is 6.92 Å². The Labute approximate surface area is 199 Å². The van der Waals surface area contributed by atoms with E-state index in [9.17, 15) is 9.59 Å². The number of ether oxygens (including phenoxy) is 2. The molecule has 8 nitrogen and oxygen atoms in total. The van der Waals surface area contributed by atoms with Crippen molar-refractivity contribution in [2.45, 2.75) is 60.0 Å². The molecule has 30 heavy (non-hydrogen) atoms. The molecule has 1 aliphatic rings. The van der Waals surface area contributed by atoms with Crippen LogP contribution in [0.15, 0.2) is 4.99 Å². The van der Waals surface area contributed by atoms with Crippen LogP contribution >= 0.6 is 24.0 Å². The van der Waals surface area contributed by atoms with Gasteiger partial charge in [-0.2, -0.15) is 0 Å². The molecular formula is C21H41IN4O4. The molecule has 0 spiro atoms. The molecule has 1 saturated heterocycles. The minimum atomic E-state index is -0.480. The Morgan fingerprint density at radius 3 is 2.30 bits per heavy atom. The monoisotopic (exact) mass is 540 g/mol. The molecule has 0 aliphatic carbocycles. The van der Waals surface area contributed by atoms with Gasteiger partial charge in [-0.05, 0) is 53.4 Å². The predicted octanol–water partition coefficient (Wildman–Crippen LogP) is 3.35. The van der Waals surface area contributed by atoms with Gasteiger partial charge in [0.25, 0.3) is 0 Å². The van der Waals surface area contributed by atoms with E-state index >= 15 is 0 Å². The Kier molecular flexibility index (Phi) is 13.3. The standard InChI is InChI=1S/C21H40N4O4.HI/c1-8-22-19(23-14-16(3)18(26)28-7)25-12-10-17(11-13-25)15-24(9-2)20(27)29-21(4,5)6;/h16-17H,8-15H2,1-7H3,(H,22,23);1H. The Bertz CT molecular complexity index is 558. The van der Waals surface area contributed by atoms with Crippen LogP contribution in [-0.2, 0) is 14.3 Å². The molecule has 0 aromatic rings. The summed E-state index contributed by atoms with van der Waals surface area (Å²) < 4.78 is 10.3. The van der Waals surface area contributed by atoms with E-state index in [4.69, 9.17) is 9.47 Å². The number of guanidine groups is 1. The molecule has 0 aromatic carbocycles. The minimum Gasteiger partial charge on any atom is -0.469 e. The maximum Gasteiger partial charge on any atom is 0.410 e. The molecule has 176 valence electrons. The van der Waals surface area contributed by atoms with Gasteiger partial charge in [0.05, 0.1) is 19.6 Å². The number of piperidine rings is 1. The molecule has 0 bridgehead atoms. The Balaban J connectivity index is 0.00000841. The molecule has 1 rings (SSSR count). The van der Waals surface area contributed by atoms with Gasteiger partial charge < -0.3 is 24.6 Å². The highest BCUT2D eigenvalue weighted by Crippen LogP contribution is 2.20. The zero-order chi connectivity index (χ0) is 22.0. The number of carbonyl (C=O) groups excluding carboxylic acids is 2. The third-order valence-corrected chi connectivity index (χ3v) is 4.88. The molecule has 1 aliphatic heterocycles. The van der Waals surface area contributed by atoms with Gasteiger partial charge in [0.15, 0.2) is 5.96 Å². The molecule has 0 saturated carbocycles.